The fourth-order valence-corrected chi connectivity index (χ4v) is 3.43. The van der Waals surface area contributed by atoms with E-state index in [1.807, 2.05) is 28.8 Å². The van der Waals surface area contributed by atoms with Gasteiger partial charge >= 0.3 is 0 Å². The molecule has 0 saturated carbocycles. The van der Waals surface area contributed by atoms with Crippen LogP contribution in [0.15, 0.2) is 36.7 Å². The number of fused-ring (bicyclic) bond motifs is 1. The summed E-state index contributed by atoms with van der Waals surface area (Å²) in [4.78, 5) is 9.20. The SMILES string of the molecule is C[C@H]1NC[C@H]1Nc1cccc(-c2cnc3cc(CO)c(C(C)(C)O)cn23)n1. The number of aromatic nitrogens is 3. The monoisotopic (exact) mass is 367 g/mol. The number of anilines is 1. The maximum atomic E-state index is 10.5. The lowest BCUT2D eigenvalue weighted by Crippen LogP contribution is -2.59. The Morgan fingerprint density at radius 1 is 1.37 bits per heavy atom. The maximum absolute atomic E-state index is 10.5. The summed E-state index contributed by atoms with van der Waals surface area (Å²) in [5, 5.41) is 26.9. The second-order valence-corrected chi connectivity index (χ2v) is 7.66. The predicted molar refractivity (Wildman–Crippen MR) is 104 cm³/mol. The summed E-state index contributed by atoms with van der Waals surface area (Å²) in [6.45, 7) is 6.35. The third-order valence-electron chi connectivity index (χ3n) is 5.17. The smallest absolute Gasteiger partial charge is 0.137 e. The fraction of sp³-hybridized carbons (Fsp3) is 0.400. The van der Waals surface area contributed by atoms with Crippen molar-refractivity contribution in [3.8, 4) is 11.4 Å². The zero-order valence-electron chi connectivity index (χ0n) is 15.8. The van der Waals surface area contributed by atoms with E-state index in [0.29, 0.717) is 28.9 Å². The van der Waals surface area contributed by atoms with Gasteiger partial charge in [0.15, 0.2) is 0 Å². The topological polar surface area (TPSA) is 94.7 Å². The molecule has 2 atom stereocenters. The van der Waals surface area contributed by atoms with Crippen LogP contribution in [0.1, 0.15) is 31.9 Å². The standard InChI is InChI=1S/C20H25N5O2/c1-12-16(8-21-12)24-18-6-4-5-15(23-18)17-9-22-19-7-13(11-26)14(10-25(17)19)20(2,3)27/h4-7,9-10,12,16,21,26-27H,8,11H2,1-3H3,(H,23,24)/t12-,16-/m1/s1. The first kappa shape index (κ1) is 17.9. The van der Waals surface area contributed by atoms with Crippen LogP contribution in [0.4, 0.5) is 5.82 Å². The molecule has 1 aliphatic rings. The van der Waals surface area contributed by atoms with E-state index >= 15 is 0 Å². The first-order chi connectivity index (χ1) is 12.9. The summed E-state index contributed by atoms with van der Waals surface area (Å²) in [7, 11) is 0. The third-order valence-corrected chi connectivity index (χ3v) is 5.17. The molecule has 0 spiro atoms. The molecule has 4 rings (SSSR count). The molecule has 1 aliphatic heterocycles. The molecule has 27 heavy (non-hydrogen) atoms. The molecule has 0 bridgehead atoms. The predicted octanol–water partition coefficient (Wildman–Crippen LogP) is 1.89. The molecule has 0 aromatic carbocycles. The average molecular weight is 367 g/mol. The van der Waals surface area contributed by atoms with E-state index in [0.717, 1.165) is 23.8 Å². The Kier molecular flexibility index (Phi) is 4.38. The molecule has 142 valence electrons. The highest BCUT2D eigenvalue weighted by molar-refractivity contribution is 5.63. The highest BCUT2D eigenvalue weighted by Crippen LogP contribution is 2.28. The van der Waals surface area contributed by atoms with Crippen molar-refractivity contribution in [2.75, 3.05) is 11.9 Å². The quantitative estimate of drug-likeness (QED) is 0.550. The van der Waals surface area contributed by atoms with Crippen LogP contribution in [0.3, 0.4) is 0 Å². The van der Waals surface area contributed by atoms with Gasteiger partial charge in [0, 0.05) is 24.3 Å². The number of nitrogens with one attached hydrogen (secondary N) is 2. The molecule has 4 heterocycles. The largest absolute Gasteiger partial charge is 0.392 e. The molecule has 7 nitrogen and oxygen atoms in total. The average Bonchev–Trinajstić information content (AvgIpc) is 3.06. The van der Waals surface area contributed by atoms with Crippen molar-refractivity contribution < 1.29 is 10.2 Å². The van der Waals surface area contributed by atoms with E-state index in [2.05, 4.69) is 22.5 Å². The second kappa shape index (κ2) is 6.60. The lowest BCUT2D eigenvalue weighted by Gasteiger charge is -2.36. The number of hydrogen-bond donors (Lipinski definition) is 4. The summed E-state index contributed by atoms with van der Waals surface area (Å²) in [5.41, 5.74) is 2.61. The number of imidazole rings is 1. The van der Waals surface area contributed by atoms with Gasteiger partial charge in [-0.2, -0.15) is 0 Å². The summed E-state index contributed by atoms with van der Waals surface area (Å²) >= 11 is 0. The van der Waals surface area contributed by atoms with Crippen LogP contribution in [0, 0.1) is 0 Å². The molecule has 0 unspecified atom stereocenters. The number of pyridine rings is 2. The Balaban J connectivity index is 1.75. The van der Waals surface area contributed by atoms with Gasteiger partial charge in [0.2, 0.25) is 0 Å². The van der Waals surface area contributed by atoms with Crippen molar-refractivity contribution in [1.29, 1.82) is 0 Å². The fourth-order valence-electron chi connectivity index (χ4n) is 3.43. The van der Waals surface area contributed by atoms with Crippen molar-refractivity contribution in [3.05, 3.63) is 47.8 Å². The van der Waals surface area contributed by atoms with Crippen molar-refractivity contribution in [1.82, 2.24) is 19.7 Å². The van der Waals surface area contributed by atoms with Crippen molar-refractivity contribution in [2.45, 2.75) is 45.1 Å². The van der Waals surface area contributed by atoms with Gasteiger partial charge in [0.1, 0.15) is 11.5 Å². The van der Waals surface area contributed by atoms with Crippen LogP contribution in [-0.2, 0) is 12.2 Å². The van der Waals surface area contributed by atoms with Gasteiger partial charge in [0.25, 0.3) is 0 Å². The van der Waals surface area contributed by atoms with Crippen molar-refractivity contribution >= 4 is 11.5 Å². The minimum absolute atomic E-state index is 0.150. The second-order valence-electron chi connectivity index (χ2n) is 7.66. The normalized spacial score (nSPS) is 19.9. The highest BCUT2D eigenvalue weighted by Gasteiger charge is 2.26. The minimum atomic E-state index is -1.07. The van der Waals surface area contributed by atoms with Gasteiger partial charge in [-0.25, -0.2) is 9.97 Å². The number of nitrogens with zero attached hydrogens (tertiary/aromatic N) is 3. The van der Waals surface area contributed by atoms with Gasteiger partial charge in [-0.1, -0.05) is 6.07 Å². The Hall–Kier alpha value is -2.48. The molecule has 3 aromatic rings. The van der Waals surface area contributed by atoms with Crippen LogP contribution in [0.5, 0.6) is 0 Å². The van der Waals surface area contributed by atoms with Gasteiger partial charge < -0.3 is 20.8 Å². The van der Waals surface area contributed by atoms with Crippen molar-refractivity contribution in [3.63, 3.8) is 0 Å². The molecule has 7 heteroatoms. The Morgan fingerprint density at radius 2 is 2.19 bits per heavy atom. The summed E-state index contributed by atoms with van der Waals surface area (Å²) in [6, 6.07) is 8.49. The van der Waals surface area contributed by atoms with E-state index in [9.17, 15) is 10.2 Å². The first-order valence-corrected chi connectivity index (χ1v) is 9.18. The highest BCUT2D eigenvalue weighted by atomic mass is 16.3. The van der Waals surface area contributed by atoms with Crippen LogP contribution in [0.25, 0.3) is 17.0 Å². The van der Waals surface area contributed by atoms with Gasteiger partial charge in [0.05, 0.1) is 35.8 Å². The van der Waals surface area contributed by atoms with Crippen molar-refractivity contribution in [2.24, 2.45) is 0 Å². The van der Waals surface area contributed by atoms with Crippen LogP contribution in [-0.4, -0.2) is 43.2 Å². The van der Waals surface area contributed by atoms with E-state index in [1.54, 1.807) is 26.1 Å². The zero-order valence-corrected chi connectivity index (χ0v) is 15.8. The molecule has 0 radical (unpaired) electrons. The number of aliphatic hydroxyl groups excluding tert-OH is 1. The van der Waals surface area contributed by atoms with E-state index < -0.39 is 5.60 Å². The third kappa shape index (κ3) is 3.29. The Morgan fingerprint density at radius 3 is 2.81 bits per heavy atom. The molecular formula is C20H25N5O2. The molecule has 0 amide bonds. The molecular weight excluding hydrogens is 342 g/mol. The van der Waals surface area contributed by atoms with E-state index in [1.165, 1.54) is 0 Å². The Bertz CT molecular complexity index is 976. The summed E-state index contributed by atoms with van der Waals surface area (Å²) in [6.07, 6.45) is 3.60. The van der Waals surface area contributed by atoms with Crippen LogP contribution >= 0.6 is 0 Å². The van der Waals surface area contributed by atoms with E-state index in [4.69, 9.17) is 4.98 Å². The maximum Gasteiger partial charge on any atom is 0.137 e. The first-order valence-electron chi connectivity index (χ1n) is 9.18. The molecule has 1 saturated heterocycles. The van der Waals surface area contributed by atoms with Gasteiger partial charge in [-0.05, 0) is 44.5 Å². The number of rotatable bonds is 5. The molecule has 1 fully saturated rings. The lowest BCUT2D eigenvalue weighted by molar-refractivity contribution is 0.0755. The zero-order chi connectivity index (χ0) is 19.2. The van der Waals surface area contributed by atoms with Gasteiger partial charge in [-0.3, -0.25) is 4.40 Å². The Labute approximate surface area is 158 Å². The molecule has 0 aliphatic carbocycles. The molecule has 4 N–H and O–H groups in total. The van der Waals surface area contributed by atoms with E-state index in [-0.39, 0.29) is 6.61 Å². The lowest BCUT2D eigenvalue weighted by atomic mass is 9.95. The number of aliphatic hydroxyl groups is 2. The number of hydrogen-bond acceptors (Lipinski definition) is 6. The van der Waals surface area contributed by atoms with Crippen LogP contribution < -0.4 is 10.6 Å². The van der Waals surface area contributed by atoms with Crippen LogP contribution in [0.2, 0.25) is 0 Å². The summed E-state index contributed by atoms with van der Waals surface area (Å²) < 4.78 is 1.91. The van der Waals surface area contributed by atoms with Gasteiger partial charge in [-0.15, -0.1) is 0 Å². The molecule has 3 aromatic heterocycles. The minimum Gasteiger partial charge on any atom is -0.392 e. The summed E-state index contributed by atoms with van der Waals surface area (Å²) in [5.74, 6) is 0.829.